The van der Waals surface area contributed by atoms with Crippen LogP contribution in [-0.2, 0) is 20.7 Å². The average molecular weight is 514 g/mol. The lowest BCUT2D eigenvalue weighted by Crippen LogP contribution is -2.33. The Morgan fingerprint density at radius 1 is 1.32 bits per heavy atom. The summed E-state index contributed by atoms with van der Waals surface area (Å²) in [6.07, 6.45) is 0.857. The first-order chi connectivity index (χ1) is 14.8. The van der Waals surface area contributed by atoms with Crippen LogP contribution in [0.15, 0.2) is 28.7 Å². The second-order valence-corrected chi connectivity index (χ2v) is 8.44. The fraction of sp³-hybridized carbons (Fsp3) is 0.364. The summed E-state index contributed by atoms with van der Waals surface area (Å²) in [5.41, 5.74) is 1.86. The van der Waals surface area contributed by atoms with Gasteiger partial charge in [0.25, 0.3) is 0 Å². The van der Waals surface area contributed by atoms with E-state index in [1.54, 1.807) is 19.1 Å². The number of hydrogen-bond acceptors (Lipinski definition) is 5. The van der Waals surface area contributed by atoms with Crippen LogP contribution in [-0.4, -0.2) is 37.7 Å². The highest BCUT2D eigenvalue weighted by Crippen LogP contribution is 2.30. The van der Waals surface area contributed by atoms with E-state index in [0.717, 1.165) is 22.5 Å². The highest BCUT2D eigenvalue weighted by atomic mass is 79.9. The van der Waals surface area contributed by atoms with Gasteiger partial charge < -0.3 is 20.1 Å². The molecule has 31 heavy (non-hydrogen) atoms. The molecule has 6 nitrogen and oxygen atoms in total. The maximum Gasteiger partial charge on any atom is 0.338 e. The van der Waals surface area contributed by atoms with E-state index in [9.17, 15) is 14.0 Å². The predicted molar refractivity (Wildman–Crippen MR) is 121 cm³/mol. The van der Waals surface area contributed by atoms with Crippen molar-refractivity contribution in [3.63, 3.8) is 0 Å². The van der Waals surface area contributed by atoms with Gasteiger partial charge in [0.1, 0.15) is 11.5 Å². The predicted octanol–water partition coefficient (Wildman–Crippen LogP) is 5.11. The molecule has 1 aliphatic rings. The summed E-state index contributed by atoms with van der Waals surface area (Å²) in [4.78, 5) is 24.7. The van der Waals surface area contributed by atoms with Crippen LogP contribution >= 0.6 is 27.5 Å². The van der Waals surface area contributed by atoms with E-state index in [4.69, 9.17) is 21.1 Å². The molecule has 0 aromatic heterocycles. The Labute approximate surface area is 193 Å². The topological polar surface area (TPSA) is 76.7 Å². The van der Waals surface area contributed by atoms with Crippen molar-refractivity contribution in [2.45, 2.75) is 32.8 Å². The zero-order chi connectivity index (χ0) is 22.5. The van der Waals surface area contributed by atoms with Gasteiger partial charge in [-0.1, -0.05) is 33.6 Å². The van der Waals surface area contributed by atoms with Crippen molar-refractivity contribution in [1.29, 1.82) is 0 Å². The summed E-state index contributed by atoms with van der Waals surface area (Å²) in [6.45, 7) is 4.84. The second kappa shape index (κ2) is 10.4. The van der Waals surface area contributed by atoms with Crippen LogP contribution in [0.1, 0.15) is 34.8 Å². The second-order valence-electron chi connectivity index (χ2n) is 7.18. The number of nitrogens with one attached hydrogen (secondary N) is 2. The van der Waals surface area contributed by atoms with Crippen LogP contribution in [0.4, 0.5) is 15.8 Å². The van der Waals surface area contributed by atoms with Gasteiger partial charge in [0.2, 0.25) is 5.91 Å². The molecule has 1 saturated heterocycles. The Hall–Kier alpha value is -2.16. The number of aryl methyl sites for hydroxylation is 1. The molecule has 1 fully saturated rings. The first kappa shape index (κ1) is 23.5. The molecule has 1 atom stereocenters. The zero-order valence-corrected chi connectivity index (χ0v) is 19.5. The summed E-state index contributed by atoms with van der Waals surface area (Å²) in [6, 6.07) is 6.04. The van der Waals surface area contributed by atoms with Gasteiger partial charge in [-0.2, -0.15) is 0 Å². The van der Waals surface area contributed by atoms with Crippen molar-refractivity contribution in [1.82, 2.24) is 0 Å². The minimum Gasteiger partial charge on any atom is -0.462 e. The summed E-state index contributed by atoms with van der Waals surface area (Å²) >= 11 is 9.64. The van der Waals surface area contributed by atoms with Gasteiger partial charge in [-0.05, 0) is 49.6 Å². The van der Waals surface area contributed by atoms with Crippen LogP contribution < -0.4 is 10.6 Å². The normalized spacial score (nSPS) is 15.2. The standard InChI is InChI=1S/C22H23BrClFN2O4/c1-3-30-22(29)14-7-18(25)21(19(8-14)26-11-15-4-5-31-15)27-20(28)9-13-6-12(2)16(23)10-17(13)24/h6-8,10,15,26H,3-5,9,11H2,1-2H3,(H,27,28)/t15-/m0/s1. The van der Waals surface area contributed by atoms with Crippen LogP contribution in [0.25, 0.3) is 0 Å². The van der Waals surface area contributed by atoms with Crippen molar-refractivity contribution in [3.8, 4) is 0 Å². The molecular weight excluding hydrogens is 491 g/mol. The highest BCUT2D eigenvalue weighted by molar-refractivity contribution is 9.10. The lowest BCUT2D eigenvalue weighted by atomic mass is 10.1. The molecule has 0 unspecified atom stereocenters. The molecule has 0 aliphatic carbocycles. The number of halogens is 3. The quantitative estimate of drug-likeness (QED) is 0.480. The van der Waals surface area contributed by atoms with Gasteiger partial charge in [0.05, 0.1) is 30.4 Å². The Bertz CT molecular complexity index is 998. The van der Waals surface area contributed by atoms with Crippen LogP contribution in [0, 0.1) is 12.7 Å². The van der Waals surface area contributed by atoms with Crippen LogP contribution in [0.5, 0.6) is 0 Å². The van der Waals surface area contributed by atoms with Crippen LogP contribution in [0.3, 0.4) is 0 Å². The van der Waals surface area contributed by atoms with Gasteiger partial charge in [-0.3, -0.25) is 4.79 Å². The molecule has 0 radical (unpaired) electrons. The summed E-state index contributed by atoms with van der Waals surface area (Å²) in [5.74, 6) is -1.82. The molecule has 1 heterocycles. The maximum atomic E-state index is 14.9. The molecular formula is C22H23BrClFN2O4. The molecule has 1 aliphatic heterocycles. The number of amides is 1. The fourth-order valence-corrected chi connectivity index (χ4v) is 3.79. The molecule has 2 aromatic rings. The van der Waals surface area contributed by atoms with Crippen molar-refractivity contribution in [3.05, 3.63) is 56.3 Å². The van der Waals surface area contributed by atoms with Gasteiger partial charge >= 0.3 is 5.97 Å². The molecule has 3 rings (SSSR count). The lowest BCUT2D eigenvalue weighted by molar-refractivity contribution is -0.115. The van der Waals surface area contributed by atoms with Crippen LogP contribution in [0.2, 0.25) is 5.02 Å². The van der Waals surface area contributed by atoms with Gasteiger partial charge in [-0.15, -0.1) is 0 Å². The summed E-state index contributed by atoms with van der Waals surface area (Å²) in [7, 11) is 0. The molecule has 0 saturated carbocycles. The molecule has 1 amide bonds. The molecule has 0 spiro atoms. The number of esters is 1. The third-order valence-electron chi connectivity index (χ3n) is 4.86. The number of rotatable bonds is 8. The molecule has 2 N–H and O–H groups in total. The van der Waals surface area contributed by atoms with E-state index in [1.165, 1.54) is 6.07 Å². The van der Waals surface area contributed by atoms with Gasteiger partial charge in [-0.25, -0.2) is 9.18 Å². The van der Waals surface area contributed by atoms with Crippen molar-refractivity contribution < 1.29 is 23.5 Å². The number of benzene rings is 2. The SMILES string of the molecule is CCOC(=O)c1cc(F)c(NC(=O)Cc2cc(C)c(Br)cc2Cl)c(NC[C@@H]2CCO2)c1. The van der Waals surface area contributed by atoms with Crippen molar-refractivity contribution in [2.75, 3.05) is 30.4 Å². The Morgan fingerprint density at radius 2 is 2.06 bits per heavy atom. The number of carbonyl (C=O) groups is 2. The number of ether oxygens (including phenoxy) is 2. The summed E-state index contributed by atoms with van der Waals surface area (Å²) in [5, 5.41) is 6.11. The molecule has 2 aromatic carbocycles. The monoisotopic (exact) mass is 512 g/mol. The fourth-order valence-electron chi connectivity index (χ4n) is 3.08. The maximum absolute atomic E-state index is 14.9. The van der Waals surface area contributed by atoms with E-state index in [0.29, 0.717) is 23.7 Å². The first-order valence-electron chi connectivity index (χ1n) is 9.89. The first-order valence-corrected chi connectivity index (χ1v) is 11.1. The van der Waals surface area contributed by atoms with Gasteiger partial charge in [0, 0.05) is 22.6 Å². The Kier molecular flexibility index (Phi) is 7.91. The van der Waals surface area contributed by atoms with E-state index in [-0.39, 0.29) is 36.1 Å². The number of anilines is 2. The third kappa shape index (κ3) is 5.96. The van der Waals surface area contributed by atoms with E-state index in [1.807, 2.05) is 6.92 Å². The van der Waals surface area contributed by atoms with E-state index >= 15 is 0 Å². The Morgan fingerprint density at radius 3 is 2.71 bits per heavy atom. The number of hydrogen-bond donors (Lipinski definition) is 2. The minimum atomic E-state index is -0.742. The smallest absolute Gasteiger partial charge is 0.338 e. The molecule has 0 bridgehead atoms. The number of carbonyl (C=O) groups excluding carboxylic acids is 2. The largest absolute Gasteiger partial charge is 0.462 e. The lowest BCUT2D eigenvalue weighted by Gasteiger charge is -2.27. The molecule has 166 valence electrons. The highest BCUT2D eigenvalue weighted by Gasteiger charge is 2.22. The average Bonchev–Trinajstić information content (AvgIpc) is 2.67. The Balaban J connectivity index is 1.82. The minimum absolute atomic E-state index is 0.00223. The van der Waals surface area contributed by atoms with Crippen molar-refractivity contribution in [2.24, 2.45) is 0 Å². The van der Waals surface area contributed by atoms with Crippen molar-refractivity contribution >= 4 is 50.8 Å². The summed E-state index contributed by atoms with van der Waals surface area (Å²) < 4.78 is 26.1. The zero-order valence-electron chi connectivity index (χ0n) is 17.2. The molecule has 9 heteroatoms. The van der Waals surface area contributed by atoms with E-state index < -0.39 is 17.7 Å². The van der Waals surface area contributed by atoms with Gasteiger partial charge in [0.15, 0.2) is 0 Å². The van der Waals surface area contributed by atoms with E-state index in [2.05, 4.69) is 26.6 Å². The third-order valence-corrected chi connectivity index (χ3v) is 6.06.